The first-order chi connectivity index (χ1) is 16.7. The van der Waals surface area contributed by atoms with Crippen LogP contribution in [0.15, 0.2) is 48.5 Å². The molecule has 186 valence electrons. The topological polar surface area (TPSA) is 116 Å². The molecule has 35 heavy (non-hydrogen) atoms. The van der Waals surface area contributed by atoms with E-state index in [1.165, 1.54) is 4.90 Å². The van der Waals surface area contributed by atoms with Gasteiger partial charge in [0.25, 0.3) is 0 Å². The summed E-state index contributed by atoms with van der Waals surface area (Å²) in [5.41, 5.74) is 2.74. The van der Waals surface area contributed by atoms with E-state index in [2.05, 4.69) is 29.6 Å². The number of β-amino-alcohol motifs (C(OH)–C–C–N with tert-alkyl or cyclic N) is 1. The summed E-state index contributed by atoms with van der Waals surface area (Å²) in [5.74, 6) is -1.39. The molecule has 1 aliphatic carbocycles. The standard InChI is InChI=1S/C27H32N2O6/c1-17(2)11-18(12-24(30)29-15-27(34,16-29)25(31)32)13-28-26(33)35-14-23-21-9-5-3-7-19(21)20-8-4-6-10-22(20)23/h3-10,17-18,23,34H,11-16H2,1-2H3,(H,28,33)(H,31,32). The molecule has 1 aliphatic heterocycles. The van der Waals surface area contributed by atoms with Gasteiger partial charge in [0.1, 0.15) is 6.61 Å². The number of carbonyl (C=O) groups excluding carboxylic acids is 2. The van der Waals surface area contributed by atoms with Gasteiger partial charge >= 0.3 is 12.1 Å². The van der Waals surface area contributed by atoms with E-state index < -0.39 is 17.7 Å². The van der Waals surface area contributed by atoms with Gasteiger partial charge < -0.3 is 25.2 Å². The second-order valence-electron chi connectivity index (χ2n) is 9.99. The first-order valence-corrected chi connectivity index (χ1v) is 12.0. The molecule has 0 bridgehead atoms. The van der Waals surface area contributed by atoms with Crippen LogP contribution in [0.5, 0.6) is 0 Å². The lowest BCUT2D eigenvalue weighted by Gasteiger charge is -2.43. The Labute approximate surface area is 204 Å². The Balaban J connectivity index is 1.30. The van der Waals surface area contributed by atoms with Crippen LogP contribution in [-0.4, -0.2) is 64.9 Å². The van der Waals surface area contributed by atoms with E-state index in [1.54, 1.807) is 0 Å². The molecule has 8 heteroatoms. The number of fused-ring (bicyclic) bond motifs is 3. The lowest BCUT2D eigenvalue weighted by atomic mass is 9.90. The lowest BCUT2D eigenvalue weighted by Crippen LogP contribution is -2.67. The molecule has 3 N–H and O–H groups in total. The average molecular weight is 481 g/mol. The number of carboxylic acids is 1. The highest BCUT2D eigenvalue weighted by molar-refractivity contribution is 5.85. The van der Waals surface area contributed by atoms with Crippen LogP contribution in [0.3, 0.4) is 0 Å². The van der Waals surface area contributed by atoms with Crippen LogP contribution in [0.4, 0.5) is 4.79 Å². The van der Waals surface area contributed by atoms with Gasteiger partial charge in [-0.05, 0) is 40.5 Å². The number of amides is 2. The molecule has 8 nitrogen and oxygen atoms in total. The van der Waals surface area contributed by atoms with E-state index in [0.29, 0.717) is 12.3 Å². The largest absolute Gasteiger partial charge is 0.479 e. The maximum absolute atomic E-state index is 12.6. The SMILES string of the molecule is CC(C)CC(CNC(=O)OCC1c2ccccc2-c2ccccc21)CC(=O)N1CC(O)(C(=O)O)C1. The molecule has 0 aromatic heterocycles. The third-order valence-electron chi connectivity index (χ3n) is 6.80. The Morgan fingerprint density at radius 3 is 2.17 bits per heavy atom. The molecule has 0 spiro atoms. The molecular formula is C27H32N2O6. The number of carbonyl (C=O) groups is 3. The minimum Gasteiger partial charge on any atom is -0.479 e. The van der Waals surface area contributed by atoms with E-state index in [4.69, 9.17) is 9.84 Å². The first-order valence-electron chi connectivity index (χ1n) is 12.0. The Hall–Kier alpha value is -3.39. The van der Waals surface area contributed by atoms with Crippen molar-refractivity contribution < 1.29 is 29.3 Å². The van der Waals surface area contributed by atoms with Crippen LogP contribution < -0.4 is 5.32 Å². The monoisotopic (exact) mass is 480 g/mol. The summed E-state index contributed by atoms with van der Waals surface area (Å²) in [4.78, 5) is 37.5. The van der Waals surface area contributed by atoms with Gasteiger partial charge in [-0.25, -0.2) is 9.59 Å². The Morgan fingerprint density at radius 1 is 1.06 bits per heavy atom. The molecular weight excluding hydrogens is 448 g/mol. The molecule has 4 rings (SSSR count). The minimum absolute atomic E-state index is 0.0272. The molecule has 0 radical (unpaired) electrons. The summed E-state index contributed by atoms with van der Waals surface area (Å²) in [6.45, 7) is 4.15. The molecule has 2 aliphatic rings. The van der Waals surface area contributed by atoms with Crippen LogP contribution in [0.25, 0.3) is 11.1 Å². The van der Waals surface area contributed by atoms with Crippen molar-refractivity contribution in [2.75, 3.05) is 26.2 Å². The number of benzene rings is 2. The number of nitrogens with zero attached hydrogens (tertiary/aromatic N) is 1. The molecule has 1 saturated heterocycles. The zero-order valence-electron chi connectivity index (χ0n) is 20.1. The minimum atomic E-state index is -1.86. The third kappa shape index (κ3) is 5.32. The highest BCUT2D eigenvalue weighted by atomic mass is 16.5. The van der Waals surface area contributed by atoms with Crippen LogP contribution in [-0.2, 0) is 14.3 Å². The number of hydrogen-bond acceptors (Lipinski definition) is 5. The molecule has 1 heterocycles. The van der Waals surface area contributed by atoms with Crippen molar-refractivity contribution in [3.63, 3.8) is 0 Å². The molecule has 0 saturated carbocycles. The fourth-order valence-electron chi connectivity index (χ4n) is 5.06. The van der Waals surface area contributed by atoms with Crippen LogP contribution in [0.1, 0.15) is 43.7 Å². The van der Waals surface area contributed by atoms with Crippen molar-refractivity contribution in [2.24, 2.45) is 11.8 Å². The smallest absolute Gasteiger partial charge is 0.407 e. The maximum atomic E-state index is 12.6. The lowest BCUT2D eigenvalue weighted by molar-refractivity contribution is -0.182. The van der Waals surface area contributed by atoms with E-state index in [-0.39, 0.29) is 50.4 Å². The van der Waals surface area contributed by atoms with Crippen molar-refractivity contribution in [3.05, 3.63) is 59.7 Å². The Bertz CT molecular complexity index is 1060. The van der Waals surface area contributed by atoms with Crippen molar-refractivity contribution in [3.8, 4) is 11.1 Å². The number of rotatable bonds is 9. The van der Waals surface area contributed by atoms with Crippen molar-refractivity contribution in [1.29, 1.82) is 0 Å². The third-order valence-corrected chi connectivity index (χ3v) is 6.80. The van der Waals surface area contributed by atoms with Crippen LogP contribution >= 0.6 is 0 Å². The van der Waals surface area contributed by atoms with Gasteiger partial charge in [0.15, 0.2) is 5.60 Å². The quantitative estimate of drug-likeness (QED) is 0.507. The number of ether oxygens (including phenoxy) is 1. The van der Waals surface area contributed by atoms with Gasteiger partial charge in [-0.3, -0.25) is 4.79 Å². The van der Waals surface area contributed by atoms with Gasteiger partial charge in [0.05, 0.1) is 13.1 Å². The van der Waals surface area contributed by atoms with Crippen molar-refractivity contribution >= 4 is 18.0 Å². The summed E-state index contributed by atoms with van der Waals surface area (Å²) in [7, 11) is 0. The van der Waals surface area contributed by atoms with Gasteiger partial charge in [-0.15, -0.1) is 0 Å². The average Bonchev–Trinajstić information content (AvgIpc) is 3.12. The van der Waals surface area contributed by atoms with Crippen LogP contribution in [0, 0.1) is 11.8 Å². The maximum Gasteiger partial charge on any atom is 0.407 e. The predicted molar refractivity (Wildman–Crippen MR) is 130 cm³/mol. The van der Waals surface area contributed by atoms with E-state index in [1.807, 2.05) is 38.1 Å². The summed E-state index contributed by atoms with van der Waals surface area (Å²) < 4.78 is 5.59. The highest BCUT2D eigenvalue weighted by Crippen LogP contribution is 2.44. The van der Waals surface area contributed by atoms with Crippen molar-refractivity contribution in [2.45, 2.75) is 38.2 Å². The molecule has 1 atom stereocenters. The van der Waals surface area contributed by atoms with E-state index >= 15 is 0 Å². The second-order valence-corrected chi connectivity index (χ2v) is 9.99. The second kappa shape index (κ2) is 10.1. The first kappa shape index (κ1) is 24.7. The van der Waals surface area contributed by atoms with Gasteiger partial charge in [0, 0.05) is 18.9 Å². The number of aliphatic carboxylic acids is 1. The van der Waals surface area contributed by atoms with Crippen LogP contribution in [0.2, 0.25) is 0 Å². The molecule has 2 amide bonds. The van der Waals surface area contributed by atoms with E-state index in [9.17, 15) is 19.5 Å². The summed E-state index contributed by atoms with van der Waals surface area (Å²) >= 11 is 0. The fraction of sp³-hybridized carbons (Fsp3) is 0.444. The summed E-state index contributed by atoms with van der Waals surface area (Å²) in [6.07, 6.45) is 0.349. The molecule has 1 fully saturated rings. The Kier molecular flexibility index (Phi) is 7.12. The number of aliphatic hydroxyl groups is 1. The molecule has 1 unspecified atom stereocenters. The zero-order chi connectivity index (χ0) is 25.2. The highest BCUT2D eigenvalue weighted by Gasteiger charge is 2.50. The number of alkyl carbamates (subject to hydrolysis) is 1. The predicted octanol–water partition coefficient (Wildman–Crippen LogP) is 3.24. The normalized spacial score (nSPS) is 16.7. The number of carboxylic acid groups (broad SMARTS) is 1. The fourth-order valence-corrected chi connectivity index (χ4v) is 5.06. The zero-order valence-corrected chi connectivity index (χ0v) is 20.1. The van der Waals surface area contributed by atoms with Gasteiger partial charge in [-0.2, -0.15) is 0 Å². The van der Waals surface area contributed by atoms with Gasteiger partial charge in [-0.1, -0.05) is 62.4 Å². The number of likely N-dealkylation sites (tertiary alicyclic amines) is 1. The summed E-state index contributed by atoms with van der Waals surface area (Å²) in [5, 5.41) is 21.7. The molecule has 2 aromatic rings. The van der Waals surface area contributed by atoms with Gasteiger partial charge in [0.2, 0.25) is 5.91 Å². The van der Waals surface area contributed by atoms with Crippen molar-refractivity contribution in [1.82, 2.24) is 10.2 Å². The van der Waals surface area contributed by atoms with E-state index in [0.717, 1.165) is 22.3 Å². The number of nitrogens with one attached hydrogen (secondary N) is 1. The molecule has 2 aromatic carbocycles. The Morgan fingerprint density at radius 2 is 1.63 bits per heavy atom. The summed E-state index contributed by atoms with van der Waals surface area (Å²) in [6, 6.07) is 16.3. The number of hydrogen-bond donors (Lipinski definition) is 3.